The summed E-state index contributed by atoms with van der Waals surface area (Å²) < 4.78 is 2.11. The molecule has 1 N–H and O–H groups in total. The molecule has 0 spiro atoms. The van der Waals surface area contributed by atoms with Crippen LogP contribution in [0, 0.1) is 5.92 Å². The normalized spacial score (nSPS) is 17.3. The van der Waals surface area contributed by atoms with Crippen LogP contribution in [0.2, 0.25) is 0 Å². The Labute approximate surface area is 147 Å². The molecule has 1 fully saturated rings. The lowest BCUT2D eigenvalue weighted by molar-refractivity contribution is 0.0772. The van der Waals surface area contributed by atoms with Crippen molar-refractivity contribution in [3.05, 3.63) is 71.9 Å². The standard InChI is InChI=1S/C21H22N2O2/c24-15-17-10-11-22(13-17)21(25)20-12-18-8-4-5-9-19(18)23(20)14-16-6-2-1-3-7-16/h1-9,12,17,24H,10-11,13-15H2. The number of para-hydroxylation sites is 1. The average Bonchev–Trinajstić information content (AvgIpc) is 3.27. The second-order valence-electron chi connectivity index (χ2n) is 6.75. The molecule has 25 heavy (non-hydrogen) atoms. The number of rotatable bonds is 4. The molecule has 0 bridgehead atoms. The Bertz CT molecular complexity index is 885. The molecule has 1 amide bonds. The zero-order valence-corrected chi connectivity index (χ0v) is 14.1. The van der Waals surface area contributed by atoms with Gasteiger partial charge in [-0.25, -0.2) is 0 Å². The summed E-state index contributed by atoms with van der Waals surface area (Å²) >= 11 is 0. The van der Waals surface area contributed by atoms with Crippen molar-refractivity contribution in [3.63, 3.8) is 0 Å². The maximum absolute atomic E-state index is 13.1. The monoisotopic (exact) mass is 334 g/mol. The van der Waals surface area contributed by atoms with Crippen molar-refractivity contribution < 1.29 is 9.90 Å². The number of amides is 1. The van der Waals surface area contributed by atoms with E-state index in [1.54, 1.807) is 0 Å². The van der Waals surface area contributed by atoms with Gasteiger partial charge in [-0.1, -0.05) is 48.5 Å². The maximum Gasteiger partial charge on any atom is 0.270 e. The smallest absolute Gasteiger partial charge is 0.270 e. The van der Waals surface area contributed by atoms with Crippen LogP contribution in [-0.4, -0.2) is 40.2 Å². The van der Waals surface area contributed by atoms with Gasteiger partial charge in [0.05, 0.1) is 0 Å². The lowest BCUT2D eigenvalue weighted by atomic mass is 10.1. The molecular weight excluding hydrogens is 312 g/mol. The molecule has 2 aromatic carbocycles. The van der Waals surface area contributed by atoms with Crippen LogP contribution in [0.1, 0.15) is 22.5 Å². The molecule has 1 aliphatic heterocycles. The molecule has 0 aliphatic carbocycles. The maximum atomic E-state index is 13.1. The molecule has 1 aliphatic rings. The number of carbonyl (C=O) groups excluding carboxylic acids is 1. The van der Waals surface area contributed by atoms with E-state index in [1.807, 2.05) is 47.4 Å². The van der Waals surface area contributed by atoms with Gasteiger partial charge in [0.1, 0.15) is 5.69 Å². The van der Waals surface area contributed by atoms with E-state index in [2.05, 4.69) is 22.8 Å². The second kappa shape index (κ2) is 6.73. The van der Waals surface area contributed by atoms with Crippen molar-refractivity contribution >= 4 is 16.8 Å². The summed E-state index contributed by atoms with van der Waals surface area (Å²) in [7, 11) is 0. The van der Waals surface area contributed by atoms with E-state index in [9.17, 15) is 9.90 Å². The van der Waals surface area contributed by atoms with Crippen molar-refractivity contribution in [2.45, 2.75) is 13.0 Å². The van der Waals surface area contributed by atoms with Crippen LogP contribution in [0.3, 0.4) is 0 Å². The van der Waals surface area contributed by atoms with Crippen molar-refractivity contribution in [2.24, 2.45) is 5.92 Å². The number of aliphatic hydroxyl groups is 1. The lowest BCUT2D eigenvalue weighted by Crippen LogP contribution is -2.31. The largest absolute Gasteiger partial charge is 0.396 e. The highest BCUT2D eigenvalue weighted by atomic mass is 16.3. The van der Waals surface area contributed by atoms with E-state index in [0.29, 0.717) is 13.1 Å². The third kappa shape index (κ3) is 3.05. The molecule has 3 aromatic rings. The van der Waals surface area contributed by atoms with Crippen molar-refractivity contribution in [3.8, 4) is 0 Å². The fourth-order valence-corrected chi connectivity index (χ4v) is 3.65. The fraction of sp³-hybridized carbons (Fsp3) is 0.286. The number of fused-ring (bicyclic) bond motifs is 1. The average molecular weight is 334 g/mol. The predicted octanol–water partition coefficient (Wildman–Crippen LogP) is 3.14. The minimum atomic E-state index is 0.0584. The summed E-state index contributed by atoms with van der Waals surface area (Å²) in [6, 6.07) is 20.3. The summed E-state index contributed by atoms with van der Waals surface area (Å²) in [6.45, 7) is 2.18. The van der Waals surface area contributed by atoms with Crippen molar-refractivity contribution in [2.75, 3.05) is 19.7 Å². The van der Waals surface area contributed by atoms with Gasteiger partial charge < -0.3 is 14.6 Å². The Hall–Kier alpha value is -2.59. The summed E-state index contributed by atoms with van der Waals surface area (Å²) in [4.78, 5) is 15.0. The lowest BCUT2D eigenvalue weighted by Gasteiger charge is -2.18. The number of hydrogen-bond acceptors (Lipinski definition) is 2. The van der Waals surface area contributed by atoms with E-state index >= 15 is 0 Å². The molecule has 4 nitrogen and oxygen atoms in total. The number of nitrogens with zero attached hydrogens (tertiary/aromatic N) is 2. The van der Waals surface area contributed by atoms with Crippen LogP contribution in [-0.2, 0) is 6.54 Å². The van der Waals surface area contributed by atoms with Gasteiger partial charge in [0.2, 0.25) is 0 Å². The summed E-state index contributed by atoms with van der Waals surface area (Å²) in [5.74, 6) is 0.263. The molecule has 0 radical (unpaired) electrons. The Morgan fingerprint density at radius 1 is 1.08 bits per heavy atom. The van der Waals surface area contributed by atoms with E-state index in [1.165, 1.54) is 5.56 Å². The Morgan fingerprint density at radius 3 is 2.60 bits per heavy atom. The first-order valence-electron chi connectivity index (χ1n) is 8.78. The van der Waals surface area contributed by atoms with E-state index in [-0.39, 0.29) is 18.4 Å². The third-order valence-electron chi connectivity index (χ3n) is 5.04. The zero-order chi connectivity index (χ0) is 17.2. The number of benzene rings is 2. The number of carbonyl (C=O) groups is 1. The van der Waals surface area contributed by atoms with E-state index < -0.39 is 0 Å². The topological polar surface area (TPSA) is 45.5 Å². The summed E-state index contributed by atoms with van der Waals surface area (Å²) in [5.41, 5.74) is 2.98. The molecular formula is C21H22N2O2. The van der Waals surface area contributed by atoms with Gasteiger partial charge in [0.15, 0.2) is 0 Å². The van der Waals surface area contributed by atoms with Gasteiger partial charge in [-0.3, -0.25) is 4.79 Å². The highest BCUT2D eigenvalue weighted by Gasteiger charge is 2.28. The molecule has 1 aromatic heterocycles. The molecule has 1 unspecified atom stereocenters. The molecule has 128 valence electrons. The van der Waals surface area contributed by atoms with Gasteiger partial charge >= 0.3 is 0 Å². The highest BCUT2D eigenvalue weighted by molar-refractivity contribution is 5.99. The minimum Gasteiger partial charge on any atom is -0.396 e. The quantitative estimate of drug-likeness (QED) is 0.797. The summed E-state index contributed by atoms with van der Waals surface area (Å²) in [6.07, 6.45) is 0.876. The van der Waals surface area contributed by atoms with Crippen LogP contribution in [0.4, 0.5) is 0 Å². The fourth-order valence-electron chi connectivity index (χ4n) is 3.65. The second-order valence-corrected chi connectivity index (χ2v) is 6.75. The Morgan fingerprint density at radius 2 is 1.84 bits per heavy atom. The highest BCUT2D eigenvalue weighted by Crippen LogP contribution is 2.25. The van der Waals surface area contributed by atoms with Gasteiger partial charge in [0, 0.05) is 43.1 Å². The molecule has 1 saturated heterocycles. The van der Waals surface area contributed by atoms with Gasteiger partial charge in [-0.15, -0.1) is 0 Å². The number of hydrogen-bond donors (Lipinski definition) is 1. The Balaban J connectivity index is 1.73. The van der Waals surface area contributed by atoms with Gasteiger partial charge in [0.25, 0.3) is 5.91 Å². The third-order valence-corrected chi connectivity index (χ3v) is 5.04. The van der Waals surface area contributed by atoms with Crippen LogP contribution in [0.15, 0.2) is 60.7 Å². The van der Waals surface area contributed by atoms with E-state index in [0.717, 1.165) is 29.6 Å². The molecule has 4 heteroatoms. The molecule has 2 heterocycles. The van der Waals surface area contributed by atoms with Crippen LogP contribution in [0.25, 0.3) is 10.9 Å². The molecule has 1 atom stereocenters. The summed E-state index contributed by atoms with van der Waals surface area (Å²) in [5, 5.41) is 10.4. The van der Waals surface area contributed by atoms with Crippen molar-refractivity contribution in [1.82, 2.24) is 9.47 Å². The van der Waals surface area contributed by atoms with E-state index in [4.69, 9.17) is 0 Å². The number of aliphatic hydroxyl groups excluding tert-OH is 1. The van der Waals surface area contributed by atoms with Gasteiger partial charge in [-0.05, 0) is 24.1 Å². The Kier molecular flexibility index (Phi) is 4.28. The first-order valence-corrected chi connectivity index (χ1v) is 8.78. The first kappa shape index (κ1) is 15.9. The van der Waals surface area contributed by atoms with Crippen LogP contribution < -0.4 is 0 Å². The van der Waals surface area contributed by atoms with Crippen LogP contribution >= 0.6 is 0 Å². The van der Waals surface area contributed by atoms with Crippen LogP contribution in [0.5, 0.6) is 0 Å². The number of aromatic nitrogens is 1. The van der Waals surface area contributed by atoms with Gasteiger partial charge in [-0.2, -0.15) is 0 Å². The zero-order valence-electron chi connectivity index (χ0n) is 14.1. The SMILES string of the molecule is O=C(c1cc2ccccc2n1Cc1ccccc1)N1CCC(CO)C1. The number of likely N-dealkylation sites (tertiary alicyclic amines) is 1. The molecule has 0 saturated carbocycles. The predicted molar refractivity (Wildman–Crippen MR) is 98.6 cm³/mol. The van der Waals surface area contributed by atoms with Crippen molar-refractivity contribution in [1.29, 1.82) is 0 Å². The minimum absolute atomic E-state index is 0.0584. The first-order chi connectivity index (χ1) is 12.3. The molecule has 4 rings (SSSR count).